The number of thioether (sulfide) groups is 1. The summed E-state index contributed by atoms with van der Waals surface area (Å²) in [6.45, 7) is 7.97. The van der Waals surface area contributed by atoms with Gasteiger partial charge in [0.15, 0.2) is 5.17 Å². The second-order valence-corrected chi connectivity index (χ2v) is 8.07. The van der Waals surface area contributed by atoms with Crippen molar-refractivity contribution in [3.05, 3.63) is 34.9 Å². The highest BCUT2D eigenvalue weighted by molar-refractivity contribution is 8.18. The van der Waals surface area contributed by atoms with Crippen molar-refractivity contribution in [2.24, 2.45) is 4.99 Å². The lowest BCUT2D eigenvalue weighted by atomic mass is 10.2. The molecular formula is C22H31N3O3S. The summed E-state index contributed by atoms with van der Waals surface area (Å²) in [5, 5.41) is 3.99. The molecule has 0 aliphatic carbocycles. The SMILES string of the molecule is CCCCOCCOc1ccc(NC(=O)C2=C(CCC)N3CCCN=C3S2)cc1. The minimum atomic E-state index is -0.0615. The number of hydrogen-bond acceptors (Lipinski definition) is 6. The Balaban J connectivity index is 1.54. The number of aliphatic imine (C=N–C) groups is 1. The van der Waals surface area contributed by atoms with Crippen LogP contribution in [0.3, 0.4) is 0 Å². The molecule has 0 unspecified atom stereocenters. The Kier molecular flexibility index (Phi) is 8.43. The van der Waals surface area contributed by atoms with Gasteiger partial charge in [-0.2, -0.15) is 0 Å². The molecule has 0 saturated carbocycles. The summed E-state index contributed by atoms with van der Waals surface area (Å²) >= 11 is 1.50. The second-order valence-electron chi connectivity index (χ2n) is 7.09. The number of fused-ring (bicyclic) bond motifs is 1. The molecule has 2 heterocycles. The summed E-state index contributed by atoms with van der Waals surface area (Å²) in [4.78, 5) is 20.5. The van der Waals surface area contributed by atoms with Crippen LogP contribution in [0.5, 0.6) is 5.75 Å². The molecule has 158 valence electrons. The third-order valence-electron chi connectivity index (χ3n) is 4.74. The highest BCUT2D eigenvalue weighted by Gasteiger charge is 2.33. The van der Waals surface area contributed by atoms with E-state index >= 15 is 0 Å². The number of amidine groups is 1. The third-order valence-corrected chi connectivity index (χ3v) is 5.90. The topological polar surface area (TPSA) is 63.2 Å². The number of rotatable bonds is 11. The molecule has 6 nitrogen and oxygen atoms in total. The number of ether oxygens (including phenoxy) is 2. The van der Waals surface area contributed by atoms with Crippen LogP contribution >= 0.6 is 11.8 Å². The number of nitrogens with zero attached hydrogens (tertiary/aromatic N) is 2. The quantitative estimate of drug-likeness (QED) is 0.532. The molecule has 7 heteroatoms. The standard InChI is InChI=1S/C22H31N3O3S/c1-3-5-14-27-15-16-28-18-10-8-17(9-11-18)24-21(26)20-19(7-4-2)25-13-6-12-23-22(25)29-20/h8-11H,3-7,12-16H2,1-2H3,(H,24,26). The zero-order valence-corrected chi connectivity index (χ0v) is 18.2. The highest BCUT2D eigenvalue weighted by atomic mass is 32.2. The summed E-state index contributed by atoms with van der Waals surface area (Å²) in [6, 6.07) is 7.49. The lowest BCUT2D eigenvalue weighted by Gasteiger charge is -2.25. The summed E-state index contributed by atoms with van der Waals surface area (Å²) in [7, 11) is 0. The van der Waals surface area contributed by atoms with Gasteiger partial charge in [-0.3, -0.25) is 9.79 Å². The van der Waals surface area contributed by atoms with Gasteiger partial charge in [-0.05, 0) is 55.3 Å². The lowest BCUT2D eigenvalue weighted by molar-refractivity contribution is -0.112. The molecule has 1 amide bonds. The van der Waals surface area contributed by atoms with E-state index in [1.807, 2.05) is 24.3 Å². The monoisotopic (exact) mass is 417 g/mol. The minimum Gasteiger partial charge on any atom is -0.491 e. The maximum Gasteiger partial charge on any atom is 0.264 e. The Hall–Kier alpha value is -1.99. The van der Waals surface area contributed by atoms with E-state index in [9.17, 15) is 4.79 Å². The van der Waals surface area contributed by atoms with Crippen LogP contribution in [0.2, 0.25) is 0 Å². The summed E-state index contributed by atoms with van der Waals surface area (Å²) in [5.74, 6) is 0.711. The molecule has 1 aromatic rings. The van der Waals surface area contributed by atoms with Crippen molar-refractivity contribution in [1.82, 2.24) is 4.90 Å². The Morgan fingerprint density at radius 2 is 2.00 bits per heavy atom. The molecule has 0 aromatic heterocycles. The van der Waals surface area contributed by atoms with Gasteiger partial charge in [0.2, 0.25) is 0 Å². The second kappa shape index (κ2) is 11.3. The Morgan fingerprint density at radius 1 is 1.17 bits per heavy atom. The number of unbranched alkanes of at least 4 members (excludes halogenated alkanes) is 1. The zero-order chi connectivity index (χ0) is 20.5. The molecule has 0 atom stereocenters. The van der Waals surface area contributed by atoms with Gasteiger partial charge in [0.1, 0.15) is 12.4 Å². The van der Waals surface area contributed by atoms with E-state index in [2.05, 4.69) is 29.1 Å². The predicted octanol–water partition coefficient (Wildman–Crippen LogP) is 4.64. The van der Waals surface area contributed by atoms with E-state index < -0.39 is 0 Å². The first-order valence-electron chi connectivity index (χ1n) is 10.6. The number of carbonyl (C=O) groups is 1. The first kappa shape index (κ1) is 21.7. The van der Waals surface area contributed by atoms with Gasteiger partial charge in [-0.15, -0.1) is 0 Å². The van der Waals surface area contributed by atoms with Crippen molar-refractivity contribution in [1.29, 1.82) is 0 Å². The smallest absolute Gasteiger partial charge is 0.264 e. The fourth-order valence-electron chi connectivity index (χ4n) is 3.25. The fraction of sp³-hybridized carbons (Fsp3) is 0.545. The van der Waals surface area contributed by atoms with E-state index in [1.54, 1.807) is 0 Å². The molecule has 0 spiro atoms. The molecule has 29 heavy (non-hydrogen) atoms. The Labute approximate surface area is 177 Å². The maximum absolute atomic E-state index is 12.9. The molecule has 1 N–H and O–H groups in total. The third kappa shape index (κ3) is 6.00. The molecule has 1 aromatic carbocycles. The van der Waals surface area contributed by atoms with Crippen molar-refractivity contribution in [3.63, 3.8) is 0 Å². The van der Waals surface area contributed by atoms with Gasteiger partial charge in [-0.1, -0.05) is 26.7 Å². The van der Waals surface area contributed by atoms with Gasteiger partial charge in [0.05, 0.1) is 11.5 Å². The van der Waals surface area contributed by atoms with Crippen molar-refractivity contribution < 1.29 is 14.3 Å². The largest absolute Gasteiger partial charge is 0.491 e. The summed E-state index contributed by atoms with van der Waals surface area (Å²) in [6.07, 6.45) is 5.15. The Bertz CT molecular complexity index is 746. The molecule has 0 radical (unpaired) electrons. The van der Waals surface area contributed by atoms with Crippen LogP contribution < -0.4 is 10.1 Å². The molecule has 0 fully saturated rings. The number of nitrogens with one attached hydrogen (secondary N) is 1. The van der Waals surface area contributed by atoms with Crippen LogP contribution in [0.4, 0.5) is 5.69 Å². The average Bonchev–Trinajstić information content (AvgIpc) is 3.11. The van der Waals surface area contributed by atoms with Crippen LogP contribution in [0, 0.1) is 0 Å². The summed E-state index contributed by atoms with van der Waals surface area (Å²) in [5.41, 5.74) is 1.87. The maximum atomic E-state index is 12.9. The van der Waals surface area contributed by atoms with Crippen LogP contribution in [-0.4, -0.2) is 48.9 Å². The molecule has 2 aliphatic rings. The van der Waals surface area contributed by atoms with E-state index in [1.165, 1.54) is 11.8 Å². The minimum absolute atomic E-state index is 0.0615. The number of anilines is 1. The number of allylic oxidation sites excluding steroid dienone is 1. The van der Waals surface area contributed by atoms with Gasteiger partial charge < -0.3 is 19.7 Å². The first-order chi connectivity index (χ1) is 14.2. The van der Waals surface area contributed by atoms with Crippen molar-refractivity contribution >= 4 is 28.5 Å². The van der Waals surface area contributed by atoms with Crippen LogP contribution in [0.15, 0.2) is 39.9 Å². The van der Waals surface area contributed by atoms with Crippen LogP contribution in [-0.2, 0) is 9.53 Å². The average molecular weight is 418 g/mol. The normalized spacial score (nSPS) is 15.9. The van der Waals surface area contributed by atoms with E-state index in [0.29, 0.717) is 13.2 Å². The van der Waals surface area contributed by atoms with Crippen LogP contribution in [0.25, 0.3) is 0 Å². The molecule has 0 bridgehead atoms. The van der Waals surface area contributed by atoms with E-state index in [-0.39, 0.29) is 5.91 Å². The lowest BCUT2D eigenvalue weighted by Crippen LogP contribution is -2.29. The van der Waals surface area contributed by atoms with Crippen molar-refractivity contribution in [2.45, 2.75) is 46.0 Å². The van der Waals surface area contributed by atoms with Gasteiger partial charge in [0.25, 0.3) is 5.91 Å². The first-order valence-corrected chi connectivity index (χ1v) is 11.4. The van der Waals surface area contributed by atoms with Crippen molar-refractivity contribution in [3.8, 4) is 5.75 Å². The van der Waals surface area contributed by atoms with Gasteiger partial charge in [-0.25, -0.2) is 0 Å². The number of carbonyl (C=O) groups excluding carboxylic acids is 1. The van der Waals surface area contributed by atoms with E-state index in [0.717, 1.165) is 79.0 Å². The van der Waals surface area contributed by atoms with Gasteiger partial charge >= 0.3 is 0 Å². The number of amides is 1. The van der Waals surface area contributed by atoms with E-state index in [4.69, 9.17) is 9.47 Å². The van der Waals surface area contributed by atoms with Crippen molar-refractivity contribution in [2.75, 3.05) is 38.2 Å². The number of hydrogen-bond donors (Lipinski definition) is 1. The van der Waals surface area contributed by atoms with Gasteiger partial charge in [0, 0.05) is 31.1 Å². The highest BCUT2D eigenvalue weighted by Crippen LogP contribution is 2.38. The molecule has 3 rings (SSSR count). The number of benzene rings is 1. The zero-order valence-electron chi connectivity index (χ0n) is 17.4. The van der Waals surface area contributed by atoms with Crippen LogP contribution in [0.1, 0.15) is 46.0 Å². The molecule has 2 aliphatic heterocycles. The fourth-order valence-corrected chi connectivity index (χ4v) is 4.37. The summed E-state index contributed by atoms with van der Waals surface area (Å²) < 4.78 is 11.2. The predicted molar refractivity (Wildman–Crippen MR) is 119 cm³/mol. The molecular weight excluding hydrogens is 386 g/mol. The molecule has 0 saturated heterocycles. The Morgan fingerprint density at radius 3 is 2.76 bits per heavy atom.